The Balaban J connectivity index is 3.71. The molecule has 43 heavy (non-hydrogen) atoms. The number of hydrogen-bond donors (Lipinski definition) is 2. The highest BCUT2D eigenvalue weighted by Gasteiger charge is 2.19. The molecule has 0 radical (unpaired) electrons. The van der Waals surface area contributed by atoms with E-state index >= 15 is 0 Å². The van der Waals surface area contributed by atoms with Gasteiger partial charge in [-0.3, -0.25) is 9.59 Å². The molecule has 2 amide bonds. The number of unbranched alkanes of at least 4 members (excludes halogenated alkanes) is 24. The summed E-state index contributed by atoms with van der Waals surface area (Å²) in [5.74, 6) is -0.431. The summed E-state index contributed by atoms with van der Waals surface area (Å²) in [4.78, 5) is 23.8. The van der Waals surface area contributed by atoms with E-state index in [0.717, 1.165) is 25.7 Å². The van der Waals surface area contributed by atoms with Crippen molar-refractivity contribution in [3.63, 3.8) is 0 Å². The summed E-state index contributed by atoms with van der Waals surface area (Å²) in [5.41, 5.74) is 11.3. The van der Waals surface area contributed by atoms with E-state index < -0.39 is 0 Å². The van der Waals surface area contributed by atoms with Gasteiger partial charge in [0, 0.05) is 0 Å². The molecule has 0 aliphatic rings. The van der Waals surface area contributed by atoms with E-state index in [9.17, 15) is 9.59 Å². The van der Waals surface area contributed by atoms with Crippen LogP contribution in [0.4, 0.5) is 0 Å². The molecule has 0 rings (SSSR count). The van der Waals surface area contributed by atoms with E-state index in [-0.39, 0.29) is 22.3 Å². The van der Waals surface area contributed by atoms with E-state index in [0.29, 0.717) is 0 Å². The van der Waals surface area contributed by atoms with Crippen molar-refractivity contribution in [3.8, 4) is 0 Å². The van der Waals surface area contributed by atoms with Crippen LogP contribution in [0.1, 0.15) is 194 Å². The predicted molar refractivity (Wildman–Crippen MR) is 205 cm³/mol. The molecule has 0 aromatic heterocycles. The zero-order valence-corrected chi connectivity index (χ0v) is 32.0. The zero-order chi connectivity index (χ0) is 31.6. The van der Waals surface area contributed by atoms with E-state index in [1.165, 1.54) is 154 Å². The van der Waals surface area contributed by atoms with Crippen LogP contribution in [0.2, 0.25) is 0 Å². The number of hydrogen-bond acceptors (Lipinski definition) is 7. The summed E-state index contributed by atoms with van der Waals surface area (Å²) < 4.78 is 0. The molecule has 0 saturated carbocycles. The van der Waals surface area contributed by atoms with Gasteiger partial charge in [0.1, 0.15) is 0 Å². The van der Waals surface area contributed by atoms with Crippen LogP contribution in [0, 0.1) is 0 Å². The molecule has 2 atom stereocenters. The average molecular weight is 697 g/mol. The molecule has 0 aliphatic carbocycles. The molecule has 0 aliphatic heterocycles. The first-order valence-electron chi connectivity index (χ1n) is 17.9. The van der Waals surface area contributed by atoms with Crippen LogP contribution in [0.15, 0.2) is 0 Å². The van der Waals surface area contributed by atoms with Gasteiger partial charge in [0.05, 0.1) is 10.5 Å². The maximum absolute atomic E-state index is 11.9. The highest BCUT2D eigenvalue weighted by molar-refractivity contribution is 9.35. The summed E-state index contributed by atoms with van der Waals surface area (Å²) >= 11 is 0. The number of rotatable bonds is 36. The first-order valence-corrected chi connectivity index (χ1v) is 24.2. The molecule has 0 aromatic rings. The minimum absolute atomic E-state index is 0.145. The molecule has 0 heterocycles. The quantitative estimate of drug-likeness (QED) is 0.0498. The lowest BCUT2D eigenvalue weighted by molar-refractivity contribution is -0.118. The van der Waals surface area contributed by atoms with Gasteiger partial charge in [0.15, 0.2) is 0 Å². The fourth-order valence-electron chi connectivity index (χ4n) is 5.31. The standard InChI is InChI=1S/C34H68N2O2S5/c1-3-5-7-9-11-13-15-17-19-21-23-25-27-29-31(33(35)37)39-41-43-42-40-32(34(36)38)30-28-26-24-22-20-18-16-14-12-10-8-6-4-2/h31-32H,3-30H2,1-2H3,(H2,35,37)(H2,36,38). The van der Waals surface area contributed by atoms with Gasteiger partial charge in [-0.1, -0.05) is 202 Å². The fraction of sp³-hybridized carbons (Fsp3) is 0.941. The average Bonchev–Trinajstić information content (AvgIpc) is 2.99. The smallest absolute Gasteiger partial charge is 0.231 e. The van der Waals surface area contributed by atoms with Crippen LogP contribution in [-0.2, 0) is 9.59 Å². The van der Waals surface area contributed by atoms with Crippen LogP contribution >= 0.6 is 51.1 Å². The van der Waals surface area contributed by atoms with Gasteiger partial charge < -0.3 is 11.5 Å². The molecular formula is C34H68N2O2S5. The Kier molecular flexibility index (Phi) is 36.1. The summed E-state index contributed by atoms with van der Waals surface area (Å²) in [6, 6.07) is 0. The minimum atomic E-state index is -0.216. The lowest BCUT2D eigenvalue weighted by atomic mass is 10.0. The van der Waals surface area contributed by atoms with E-state index in [2.05, 4.69) is 13.8 Å². The van der Waals surface area contributed by atoms with E-state index in [1.807, 2.05) is 0 Å². The maximum atomic E-state index is 11.9. The van der Waals surface area contributed by atoms with Crippen molar-refractivity contribution in [2.45, 2.75) is 204 Å². The second-order valence-corrected chi connectivity index (χ2v) is 20.2. The molecule has 0 bridgehead atoms. The molecule has 4 N–H and O–H groups in total. The molecule has 4 nitrogen and oxygen atoms in total. The van der Waals surface area contributed by atoms with Crippen molar-refractivity contribution in [1.82, 2.24) is 0 Å². The molecule has 256 valence electrons. The van der Waals surface area contributed by atoms with Crippen molar-refractivity contribution in [2.24, 2.45) is 11.5 Å². The second kappa shape index (κ2) is 35.5. The summed E-state index contributed by atoms with van der Waals surface area (Å²) in [7, 11) is 7.94. The largest absolute Gasteiger partial charge is 0.369 e. The molecule has 0 fully saturated rings. The van der Waals surface area contributed by atoms with Gasteiger partial charge in [-0.2, -0.15) is 0 Å². The third-order valence-electron chi connectivity index (χ3n) is 8.14. The van der Waals surface area contributed by atoms with Gasteiger partial charge in [-0.25, -0.2) is 0 Å². The number of carbonyl (C=O) groups is 2. The lowest BCUT2D eigenvalue weighted by Crippen LogP contribution is -2.25. The fourth-order valence-corrected chi connectivity index (χ4v) is 14.9. The highest BCUT2D eigenvalue weighted by atomic mass is 33.8. The summed E-state index contributed by atoms with van der Waals surface area (Å²) in [6.07, 6.45) is 36.2. The first kappa shape index (κ1) is 43.7. The minimum Gasteiger partial charge on any atom is -0.369 e. The number of carbonyl (C=O) groups excluding carboxylic acids is 2. The van der Waals surface area contributed by atoms with Crippen molar-refractivity contribution >= 4 is 62.9 Å². The van der Waals surface area contributed by atoms with Gasteiger partial charge in [0.25, 0.3) is 0 Å². The molecule has 9 heteroatoms. The van der Waals surface area contributed by atoms with Crippen molar-refractivity contribution < 1.29 is 9.59 Å². The Morgan fingerprint density at radius 1 is 0.395 bits per heavy atom. The normalized spacial score (nSPS) is 12.9. The predicted octanol–water partition coefficient (Wildman–Crippen LogP) is 13.0. The Hall–Kier alpha value is 0.690. The molecule has 2 unspecified atom stereocenters. The van der Waals surface area contributed by atoms with E-state index in [4.69, 9.17) is 11.5 Å². The van der Waals surface area contributed by atoms with Crippen LogP contribution in [0.5, 0.6) is 0 Å². The van der Waals surface area contributed by atoms with E-state index in [1.54, 1.807) is 51.1 Å². The molecule has 0 spiro atoms. The number of amides is 2. The zero-order valence-electron chi connectivity index (χ0n) is 28.0. The van der Waals surface area contributed by atoms with Crippen LogP contribution in [0.3, 0.4) is 0 Å². The molecular weight excluding hydrogens is 629 g/mol. The lowest BCUT2D eigenvalue weighted by Gasteiger charge is -2.13. The van der Waals surface area contributed by atoms with Crippen molar-refractivity contribution in [2.75, 3.05) is 0 Å². The maximum Gasteiger partial charge on any atom is 0.231 e. The Bertz CT molecular complexity index is 565. The second-order valence-electron chi connectivity index (χ2n) is 12.2. The number of nitrogens with two attached hydrogens (primary N) is 2. The van der Waals surface area contributed by atoms with Gasteiger partial charge in [-0.15, -0.1) is 0 Å². The topological polar surface area (TPSA) is 86.2 Å². The monoisotopic (exact) mass is 696 g/mol. The van der Waals surface area contributed by atoms with Crippen molar-refractivity contribution in [1.29, 1.82) is 0 Å². The van der Waals surface area contributed by atoms with Gasteiger partial charge in [-0.05, 0) is 42.3 Å². The Labute approximate surface area is 286 Å². The van der Waals surface area contributed by atoms with Gasteiger partial charge >= 0.3 is 0 Å². The SMILES string of the molecule is CCCCCCCCCCCCCCCC(SSSSSC(CCCCCCCCCCCCCCC)C(N)=O)C(N)=O. The van der Waals surface area contributed by atoms with Crippen molar-refractivity contribution in [3.05, 3.63) is 0 Å². The number of primary amides is 2. The Morgan fingerprint density at radius 2 is 0.628 bits per heavy atom. The first-order chi connectivity index (χ1) is 21.0. The van der Waals surface area contributed by atoms with Crippen LogP contribution < -0.4 is 11.5 Å². The van der Waals surface area contributed by atoms with Gasteiger partial charge in [0.2, 0.25) is 11.8 Å². The molecule has 0 aromatic carbocycles. The molecule has 0 saturated heterocycles. The summed E-state index contributed by atoms with van der Waals surface area (Å²) in [6.45, 7) is 4.55. The van der Waals surface area contributed by atoms with Crippen LogP contribution in [-0.4, -0.2) is 22.3 Å². The highest BCUT2D eigenvalue weighted by Crippen LogP contribution is 2.51. The Morgan fingerprint density at radius 3 is 0.860 bits per heavy atom. The third kappa shape index (κ3) is 32.4. The van der Waals surface area contributed by atoms with Crippen LogP contribution in [0.25, 0.3) is 0 Å². The summed E-state index contributed by atoms with van der Waals surface area (Å²) in [5, 5.41) is -0.290. The third-order valence-corrected chi connectivity index (χ3v) is 17.4.